The van der Waals surface area contributed by atoms with E-state index in [1.54, 1.807) is 44.4 Å². The first-order valence-corrected chi connectivity index (χ1v) is 13.1. The van der Waals surface area contributed by atoms with E-state index in [0.29, 0.717) is 17.9 Å². The minimum absolute atomic E-state index is 0.104. The number of para-hydroxylation sites is 1. The number of amides is 2. The van der Waals surface area contributed by atoms with Gasteiger partial charge in [0.2, 0.25) is 21.8 Å². The molecule has 0 unspecified atom stereocenters. The average Bonchev–Trinajstić information content (AvgIpc) is 2.79. The van der Waals surface area contributed by atoms with Crippen LogP contribution in [-0.4, -0.2) is 57.1 Å². The lowest BCUT2D eigenvalue weighted by Crippen LogP contribution is -2.52. The van der Waals surface area contributed by atoms with Crippen LogP contribution in [-0.2, 0) is 32.6 Å². The molecule has 0 aliphatic carbocycles. The Labute approximate surface area is 202 Å². The molecule has 2 aromatic carbocycles. The van der Waals surface area contributed by atoms with Crippen LogP contribution in [0.15, 0.2) is 48.5 Å². The monoisotopic (exact) mass is 489 g/mol. The highest BCUT2D eigenvalue weighted by atomic mass is 32.2. The molecule has 0 bridgehead atoms. The van der Waals surface area contributed by atoms with Gasteiger partial charge in [0.15, 0.2) is 0 Å². The zero-order chi connectivity index (χ0) is 25.5. The first kappa shape index (κ1) is 27.2. The molecule has 0 aliphatic rings. The topological polar surface area (TPSA) is 96.0 Å². The molecule has 186 valence electrons. The van der Waals surface area contributed by atoms with E-state index < -0.39 is 28.5 Å². The highest BCUT2D eigenvalue weighted by Gasteiger charge is 2.30. The number of aryl methyl sites for hydroxylation is 1. The molecule has 1 atom stereocenters. The zero-order valence-corrected chi connectivity index (χ0v) is 21.6. The molecule has 2 amide bonds. The van der Waals surface area contributed by atoms with Crippen molar-refractivity contribution >= 4 is 27.5 Å². The Balaban J connectivity index is 2.44. The lowest BCUT2D eigenvalue weighted by Gasteiger charge is -2.32. The maximum atomic E-state index is 13.6. The van der Waals surface area contributed by atoms with Gasteiger partial charge in [-0.15, -0.1) is 0 Å². The van der Waals surface area contributed by atoms with Crippen LogP contribution < -0.4 is 14.4 Å². The molecular formula is C25H35N3O5S. The quantitative estimate of drug-likeness (QED) is 0.524. The van der Waals surface area contributed by atoms with Crippen molar-refractivity contribution in [3.05, 3.63) is 59.7 Å². The van der Waals surface area contributed by atoms with E-state index >= 15 is 0 Å². The SMILES string of the molecule is CCc1ccccc1N(CC(=O)N(Cc1cccc(OC)c1)[C@H](C)C(=O)NC(C)C)S(C)(=O)=O. The number of hydrogen-bond donors (Lipinski definition) is 1. The van der Waals surface area contributed by atoms with Gasteiger partial charge in [0.05, 0.1) is 19.1 Å². The predicted molar refractivity (Wildman–Crippen MR) is 134 cm³/mol. The highest BCUT2D eigenvalue weighted by molar-refractivity contribution is 7.92. The van der Waals surface area contributed by atoms with Crippen LogP contribution in [0.25, 0.3) is 0 Å². The summed E-state index contributed by atoms with van der Waals surface area (Å²) in [4.78, 5) is 27.8. The van der Waals surface area contributed by atoms with Gasteiger partial charge in [-0.2, -0.15) is 0 Å². The first-order valence-electron chi connectivity index (χ1n) is 11.3. The van der Waals surface area contributed by atoms with Crippen LogP contribution in [0, 0.1) is 0 Å². The molecule has 0 saturated heterocycles. The summed E-state index contributed by atoms with van der Waals surface area (Å²) >= 11 is 0. The Morgan fingerprint density at radius 1 is 1.06 bits per heavy atom. The Morgan fingerprint density at radius 2 is 1.74 bits per heavy atom. The minimum atomic E-state index is -3.76. The third-order valence-electron chi connectivity index (χ3n) is 5.41. The zero-order valence-electron chi connectivity index (χ0n) is 20.7. The molecule has 0 saturated carbocycles. The second-order valence-corrected chi connectivity index (χ2v) is 10.4. The molecule has 0 radical (unpaired) electrons. The number of methoxy groups -OCH3 is 1. The molecule has 34 heavy (non-hydrogen) atoms. The molecular weight excluding hydrogens is 454 g/mol. The molecule has 2 aromatic rings. The number of nitrogens with zero attached hydrogens (tertiary/aromatic N) is 2. The van der Waals surface area contributed by atoms with Gasteiger partial charge in [0.25, 0.3) is 0 Å². The third-order valence-corrected chi connectivity index (χ3v) is 6.53. The second-order valence-electron chi connectivity index (χ2n) is 8.46. The van der Waals surface area contributed by atoms with Gasteiger partial charge >= 0.3 is 0 Å². The summed E-state index contributed by atoms with van der Waals surface area (Å²) in [5.74, 6) is -0.171. The standard InChI is InChI=1S/C25H35N3O5S/c1-7-21-12-8-9-14-23(21)28(34(6,31)32)17-24(29)27(19(4)25(30)26-18(2)3)16-20-11-10-13-22(15-20)33-5/h8-15,18-19H,7,16-17H2,1-6H3,(H,26,30)/t19-/m1/s1. The van der Waals surface area contributed by atoms with E-state index in [1.807, 2.05) is 39.0 Å². The Hall–Kier alpha value is -3.07. The van der Waals surface area contributed by atoms with Crippen molar-refractivity contribution in [2.24, 2.45) is 0 Å². The summed E-state index contributed by atoms with van der Waals surface area (Å²) in [6.07, 6.45) is 1.69. The average molecular weight is 490 g/mol. The number of anilines is 1. The maximum Gasteiger partial charge on any atom is 0.244 e. The lowest BCUT2D eigenvalue weighted by atomic mass is 10.1. The molecule has 0 aliphatic heterocycles. The smallest absolute Gasteiger partial charge is 0.244 e. The van der Waals surface area contributed by atoms with Crippen LogP contribution in [0.4, 0.5) is 5.69 Å². The summed E-state index contributed by atoms with van der Waals surface area (Å²) in [5.41, 5.74) is 2.03. The lowest BCUT2D eigenvalue weighted by molar-refractivity contribution is -0.139. The normalized spacial score (nSPS) is 12.2. The van der Waals surface area contributed by atoms with Crippen molar-refractivity contribution in [2.45, 2.75) is 52.7 Å². The van der Waals surface area contributed by atoms with Crippen LogP contribution in [0.2, 0.25) is 0 Å². The number of carbonyl (C=O) groups is 2. The molecule has 1 N–H and O–H groups in total. The van der Waals surface area contributed by atoms with Gasteiger partial charge in [-0.3, -0.25) is 13.9 Å². The van der Waals surface area contributed by atoms with Crippen LogP contribution in [0.5, 0.6) is 5.75 Å². The number of benzene rings is 2. The largest absolute Gasteiger partial charge is 0.497 e. The Kier molecular flexibility index (Phi) is 9.49. The van der Waals surface area contributed by atoms with E-state index in [-0.39, 0.29) is 18.5 Å². The Morgan fingerprint density at radius 3 is 2.32 bits per heavy atom. The summed E-state index contributed by atoms with van der Waals surface area (Å²) in [6, 6.07) is 13.4. The second kappa shape index (κ2) is 11.9. The molecule has 0 fully saturated rings. The maximum absolute atomic E-state index is 13.6. The predicted octanol–water partition coefficient (Wildman–Crippen LogP) is 2.97. The summed E-state index contributed by atoms with van der Waals surface area (Å²) in [5, 5.41) is 2.83. The van der Waals surface area contributed by atoms with Gasteiger partial charge in [0.1, 0.15) is 18.3 Å². The van der Waals surface area contributed by atoms with Crippen molar-refractivity contribution < 1.29 is 22.7 Å². The summed E-state index contributed by atoms with van der Waals surface area (Å²) < 4.78 is 31.8. The fourth-order valence-corrected chi connectivity index (χ4v) is 4.48. The van der Waals surface area contributed by atoms with Gasteiger partial charge in [-0.1, -0.05) is 37.3 Å². The Bertz CT molecular complexity index is 1100. The van der Waals surface area contributed by atoms with Crippen LogP contribution >= 0.6 is 0 Å². The molecule has 0 spiro atoms. The van der Waals surface area contributed by atoms with Crippen molar-refractivity contribution in [2.75, 3.05) is 24.2 Å². The number of nitrogens with one attached hydrogen (secondary N) is 1. The van der Waals surface area contributed by atoms with E-state index in [9.17, 15) is 18.0 Å². The summed E-state index contributed by atoms with van der Waals surface area (Å²) in [6.45, 7) is 6.95. The molecule has 0 heterocycles. The highest BCUT2D eigenvalue weighted by Crippen LogP contribution is 2.24. The van der Waals surface area contributed by atoms with E-state index in [0.717, 1.165) is 21.7 Å². The fraction of sp³-hybridized carbons (Fsp3) is 0.440. The number of rotatable bonds is 11. The van der Waals surface area contributed by atoms with Gasteiger partial charge in [0, 0.05) is 12.6 Å². The summed E-state index contributed by atoms with van der Waals surface area (Å²) in [7, 11) is -2.21. The van der Waals surface area contributed by atoms with Gasteiger partial charge in [-0.25, -0.2) is 8.42 Å². The van der Waals surface area contributed by atoms with Crippen molar-refractivity contribution in [1.82, 2.24) is 10.2 Å². The number of sulfonamides is 1. The van der Waals surface area contributed by atoms with E-state index in [2.05, 4.69) is 5.32 Å². The third kappa shape index (κ3) is 7.21. The number of ether oxygens (including phenoxy) is 1. The molecule has 9 heteroatoms. The molecule has 2 rings (SSSR count). The van der Waals surface area contributed by atoms with Crippen molar-refractivity contribution in [3.8, 4) is 5.75 Å². The van der Waals surface area contributed by atoms with E-state index in [4.69, 9.17) is 4.74 Å². The first-order chi connectivity index (χ1) is 16.0. The number of carbonyl (C=O) groups excluding carboxylic acids is 2. The van der Waals surface area contributed by atoms with Crippen molar-refractivity contribution in [3.63, 3.8) is 0 Å². The van der Waals surface area contributed by atoms with Crippen LogP contribution in [0.1, 0.15) is 38.8 Å². The molecule has 8 nitrogen and oxygen atoms in total. The van der Waals surface area contributed by atoms with Crippen molar-refractivity contribution in [1.29, 1.82) is 0 Å². The number of hydrogen-bond acceptors (Lipinski definition) is 5. The molecule has 0 aromatic heterocycles. The van der Waals surface area contributed by atoms with E-state index in [1.165, 1.54) is 4.90 Å². The fourth-order valence-electron chi connectivity index (χ4n) is 3.60. The van der Waals surface area contributed by atoms with Crippen LogP contribution in [0.3, 0.4) is 0 Å². The minimum Gasteiger partial charge on any atom is -0.497 e. The van der Waals surface area contributed by atoms with Gasteiger partial charge in [-0.05, 0) is 56.5 Å². The van der Waals surface area contributed by atoms with Gasteiger partial charge < -0.3 is 15.0 Å².